The molecule has 0 amide bonds. The number of anilines is 1. The highest BCUT2D eigenvalue weighted by Crippen LogP contribution is 2.19. The molecule has 0 radical (unpaired) electrons. The van der Waals surface area contributed by atoms with Crippen molar-refractivity contribution in [3.8, 4) is 0 Å². The molecule has 2 heteroatoms. The normalized spacial score (nSPS) is 10.2. The Morgan fingerprint density at radius 1 is 1.25 bits per heavy atom. The molecule has 0 fully saturated rings. The predicted molar refractivity (Wildman–Crippen MR) is 57.8 cm³/mol. The molecule has 1 rings (SSSR count). The van der Waals surface area contributed by atoms with Crippen molar-refractivity contribution in [2.75, 3.05) is 11.1 Å². The average Bonchev–Trinajstić information content (AvgIpc) is 2.07. The zero-order chi connectivity index (χ0) is 9.14. The van der Waals surface area contributed by atoms with Crippen LogP contribution in [0.1, 0.15) is 16.7 Å². The topological polar surface area (TPSA) is 26.0 Å². The molecule has 0 unspecified atom stereocenters. The Morgan fingerprint density at radius 3 is 2.50 bits per heavy atom. The first kappa shape index (κ1) is 9.59. The van der Waals surface area contributed by atoms with Gasteiger partial charge < -0.3 is 5.73 Å². The summed E-state index contributed by atoms with van der Waals surface area (Å²) in [6.45, 7) is 4.20. The molecule has 0 aromatic heterocycles. The van der Waals surface area contributed by atoms with E-state index < -0.39 is 0 Å². The minimum atomic E-state index is 0.894. The number of alkyl halides is 1. The van der Waals surface area contributed by atoms with Gasteiger partial charge in [0, 0.05) is 11.0 Å². The molecule has 1 aromatic rings. The molecule has 2 N–H and O–H groups in total. The van der Waals surface area contributed by atoms with Crippen LogP contribution in [0.15, 0.2) is 12.1 Å². The summed E-state index contributed by atoms with van der Waals surface area (Å²) in [6.07, 6.45) is 1.08. The van der Waals surface area contributed by atoms with Gasteiger partial charge in [0.2, 0.25) is 0 Å². The van der Waals surface area contributed by atoms with Crippen LogP contribution in [-0.2, 0) is 6.42 Å². The van der Waals surface area contributed by atoms with Crippen molar-refractivity contribution >= 4 is 21.6 Å². The second kappa shape index (κ2) is 3.94. The van der Waals surface area contributed by atoms with Crippen molar-refractivity contribution in [1.82, 2.24) is 0 Å². The van der Waals surface area contributed by atoms with Crippen LogP contribution in [0.2, 0.25) is 0 Å². The molecule has 0 spiro atoms. The Hall–Kier alpha value is -0.500. The Morgan fingerprint density at radius 2 is 1.92 bits per heavy atom. The van der Waals surface area contributed by atoms with Gasteiger partial charge in [-0.05, 0) is 43.0 Å². The Labute approximate surface area is 82.1 Å². The summed E-state index contributed by atoms with van der Waals surface area (Å²) in [4.78, 5) is 0. The number of hydrogen-bond acceptors (Lipinski definition) is 1. The summed E-state index contributed by atoms with van der Waals surface area (Å²) < 4.78 is 0. The van der Waals surface area contributed by atoms with Gasteiger partial charge in [0.1, 0.15) is 0 Å². The molecule has 0 saturated carbocycles. The first-order valence-corrected chi connectivity index (χ1v) is 5.19. The third kappa shape index (κ3) is 1.81. The number of nitrogens with two attached hydrogens (primary N) is 1. The van der Waals surface area contributed by atoms with E-state index in [-0.39, 0.29) is 0 Å². The molecular weight excluding hydrogens is 214 g/mol. The third-order valence-electron chi connectivity index (χ3n) is 2.31. The van der Waals surface area contributed by atoms with E-state index in [4.69, 9.17) is 5.73 Å². The van der Waals surface area contributed by atoms with E-state index in [2.05, 4.69) is 35.8 Å². The van der Waals surface area contributed by atoms with Crippen molar-refractivity contribution in [2.24, 2.45) is 0 Å². The zero-order valence-corrected chi connectivity index (χ0v) is 9.11. The largest absolute Gasteiger partial charge is 0.399 e. The molecule has 0 heterocycles. The van der Waals surface area contributed by atoms with Crippen LogP contribution in [-0.4, -0.2) is 5.33 Å². The average molecular weight is 228 g/mol. The number of benzene rings is 1. The molecule has 0 aliphatic rings. The predicted octanol–water partition coefficient (Wildman–Crippen LogP) is 2.82. The summed E-state index contributed by atoms with van der Waals surface area (Å²) in [7, 11) is 0. The molecule has 1 aromatic carbocycles. The highest BCUT2D eigenvalue weighted by atomic mass is 79.9. The Balaban J connectivity index is 3.08. The SMILES string of the molecule is Cc1c(N)ccc(CCBr)c1C. The second-order valence-electron chi connectivity index (χ2n) is 3.00. The van der Waals surface area contributed by atoms with Crippen molar-refractivity contribution in [1.29, 1.82) is 0 Å². The van der Waals surface area contributed by atoms with Crippen molar-refractivity contribution in [3.05, 3.63) is 28.8 Å². The first-order chi connectivity index (χ1) is 5.66. The van der Waals surface area contributed by atoms with Crippen molar-refractivity contribution < 1.29 is 0 Å². The fourth-order valence-electron chi connectivity index (χ4n) is 1.27. The van der Waals surface area contributed by atoms with E-state index in [1.165, 1.54) is 16.7 Å². The fourth-order valence-corrected chi connectivity index (χ4v) is 1.70. The van der Waals surface area contributed by atoms with Gasteiger partial charge >= 0.3 is 0 Å². The lowest BCUT2D eigenvalue weighted by Crippen LogP contribution is -1.97. The minimum absolute atomic E-state index is 0.894. The monoisotopic (exact) mass is 227 g/mol. The van der Waals surface area contributed by atoms with Gasteiger partial charge in [0.15, 0.2) is 0 Å². The lowest BCUT2D eigenvalue weighted by atomic mass is 10.0. The van der Waals surface area contributed by atoms with Crippen LogP contribution in [0.3, 0.4) is 0 Å². The Kier molecular flexibility index (Phi) is 3.15. The summed E-state index contributed by atoms with van der Waals surface area (Å²) >= 11 is 3.43. The van der Waals surface area contributed by atoms with Gasteiger partial charge in [0.25, 0.3) is 0 Å². The fraction of sp³-hybridized carbons (Fsp3) is 0.400. The molecule has 0 saturated heterocycles. The van der Waals surface area contributed by atoms with Gasteiger partial charge in [-0.2, -0.15) is 0 Å². The standard InChI is InChI=1S/C10H14BrN/c1-7-8(2)10(12)4-3-9(7)5-6-11/h3-4H,5-6,12H2,1-2H3. The lowest BCUT2D eigenvalue weighted by Gasteiger charge is -2.09. The summed E-state index contributed by atoms with van der Waals surface area (Å²) in [6, 6.07) is 4.10. The quantitative estimate of drug-likeness (QED) is 0.611. The summed E-state index contributed by atoms with van der Waals surface area (Å²) in [5, 5.41) is 1.01. The van der Waals surface area contributed by atoms with Crippen LogP contribution >= 0.6 is 15.9 Å². The van der Waals surface area contributed by atoms with Crippen LogP contribution in [0.4, 0.5) is 5.69 Å². The number of rotatable bonds is 2. The van der Waals surface area contributed by atoms with Crippen LogP contribution in [0.5, 0.6) is 0 Å². The molecule has 0 bridgehead atoms. The smallest absolute Gasteiger partial charge is 0.0346 e. The maximum absolute atomic E-state index is 5.77. The third-order valence-corrected chi connectivity index (χ3v) is 2.70. The van der Waals surface area contributed by atoms with E-state index in [1.807, 2.05) is 6.07 Å². The highest BCUT2D eigenvalue weighted by Gasteiger charge is 2.02. The van der Waals surface area contributed by atoms with E-state index in [0.717, 1.165) is 17.4 Å². The van der Waals surface area contributed by atoms with Crippen LogP contribution < -0.4 is 5.73 Å². The maximum atomic E-state index is 5.77. The molecule has 66 valence electrons. The number of nitrogen functional groups attached to an aromatic ring is 1. The minimum Gasteiger partial charge on any atom is -0.399 e. The maximum Gasteiger partial charge on any atom is 0.0346 e. The summed E-state index contributed by atoms with van der Waals surface area (Å²) in [5.74, 6) is 0. The van der Waals surface area contributed by atoms with Gasteiger partial charge in [-0.3, -0.25) is 0 Å². The number of halogens is 1. The first-order valence-electron chi connectivity index (χ1n) is 4.07. The van der Waals surface area contributed by atoms with Crippen LogP contribution in [0, 0.1) is 13.8 Å². The highest BCUT2D eigenvalue weighted by molar-refractivity contribution is 9.09. The molecule has 0 aliphatic carbocycles. The van der Waals surface area contributed by atoms with Crippen molar-refractivity contribution in [3.63, 3.8) is 0 Å². The molecule has 0 atom stereocenters. The summed E-state index contributed by atoms with van der Waals surface area (Å²) in [5.41, 5.74) is 10.6. The molecule has 12 heavy (non-hydrogen) atoms. The lowest BCUT2D eigenvalue weighted by molar-refractivity contribution is 1.12. The van der Waals surface area contributed by atoms with E-state index >= 15 is 0 Å². The van der Waals surface area contributed by atoms with Gasteiger partial charge in [-0.1, -0.05) is 22.0 Å². The van der Waals surface area contributed by atoms with E-state index in [0.29, 0.717) is 0 Å². The zero-order valence-electron chi connectivity index (χ0n) is 7.52. The van der Waals surface area contributed by atoms with Gasteiger partial charge in [-0.25, -0.2) is 0 Å². The van der Waals surface area contributed by atoms with Crippen LogP contribution in [0.25, 0.3) is 0 Å². The number of aryl methyl sites for hydroxylation is 1. The molecular formula is C10H14BrN. The number of hydrogen-bond donors (Lipinski definition) is 1. The van der Waals surface area contributed by atoms with E-state index in [9.17, 15) is 0 Å². The van der Waals surface area contributed by atoms with Gasteiger partial charge in [-0.15, -0.1) is 0 Å². The second-order valence-corrected chi connectivity index (χ2v) is 3.80. The van der Waals surface area contributed by atoms with Crippen molar-refractivity contribution in [2.45, 2.75) is 20.3 Å². The Bertz CT molecular complexity index is 281. The van der Waals surface area contributed by atoms with E-state index in [1.54, 1.807) is 0 Å². The molecule has 1 nitrogen and oxygen atoms in total. The molecule has 0 aliphatic heterocycles. The van der Waals surface area contributed by atoms with Gasteiger partial charge in [0.05, 0.1) is 0 Å².